The Hall–Kier alpha value is -1.16. The van der Waals surface area contributed by atoms with Gasteiger partial charge in [-0.3, -0.25) is 4.79 Å². The molecule has 1 aromatic rings. The quantitative estimate of drug-likeness (QED) is 0.850. The van der Waals surface area contributed by atoms with Crippen molar-refractivity contribution in [3.8, 4) is 0 Å². The van der Waals surface area contributed by atoms with Gasteiger partial charge in [0.25, 0.3) is 0 Å². The summed E-state index contributed by atoms with van der Waals surface area (Å²) in [4.78, 5) is 11.8. The van der Waals surface area contributed by atoms with Crippen LogP contribution in [0.2, 0.25) is 0 Å². The Morgan fingerprint density at radius 3 is 2.79 bits per heavy atom. The third-order valence-electron chi connectivity index (χ3n) is 3.41. The smallest absolute Gasteiger partial charge is 0.224 e. The summed E-state index contributed by atoms with van der Waals surface area (Å²) in [6, 6.07) is 3.77. The molecular weight excluding hydrogens is 272 g/mol. The zero-order chi connectivity index (χ0) is 13.8. The molecule has 0 spiro atoms. The van der Waals surface area contributed by atoms with Crippen LogP contribution in [0, 0.1) is 11.6 Å². The number of nitrogens with one attached hydrogen (secondary N) is 1. The molecule has 19 heavy (non-hydrogen) atoms. The Labute approximate surface area is 116 Å². The Bertz CT molecular complexity index is 467. The normalized spacial score (nSPS) is 23.1. The SMILES string of the molecule is O=C(Cc1cccc(F)c1F)NC1CCCCC1Cl. The summed E-state index contributed by atoms with van der Waals surface area (Å²) in [6.45, 7) is 0. The average molecular weight is 288 g/mol. The molecule has 1 aromatic carbocycles. The maximum absolute atomic E-state index is 13.4. The molecule has 0 saturated heterocycles. The van der Waals surface area contributed by atoms with Gasteiger partial charge in [-0.05, 0) is 18.9 Å². The fourth-order valence-corrected chi connectivity index (χ4v) is 2.71. The van der Waals surface area contributed by atoms with Gasteiger partial charge in [-0.2, -0.15) is 0 Å². The van der Waals surface area contributed by atoms with E-state index in [1.54, 1.807) is 0 Å². The number of benzene rings is 1. The van der Waals surface area contributed by atoms with Crippen molar-refractivity contribution < 1.29 is 13.6 Å². The summed E-state index contributed by atoms with van der Waals surface area (Å²) in [5, 5.41) is 2.73. The molecule has 5 heteroatoms. The molecule has 104 valence electrons. The van der Waals surface area contributed by atoms with Crippen molar-refractivity contribution in [3.05, 3.63) is 35.4 Å². The molecule has 0 aromatic heterocycles. The third-order valence-corrected chi connectivity index (χ3v) is 3.93. The number of amides is 1. The first-order valence-electron chi connectivity index (χ1n) is 6.44. The zero-order valence-electron chi connectivity index (χ0n) is 10.5. The highest BCUT2D eigenvalue weighted by atomic mass is 35.5. The monoisotopic (exact) mass is 287 g/mol. The maximum Gasteiger partial charge on any atom is 0.224 e. The van der Waals surface area contributed by atoms with E-state index in [-0.39, 0.29) is 29.3 Å². The highest BCUT2D eigenvalue weighted by Crippen LogP contribution is 2.23. The van der Waals surface area contributed by atoms with Crippen molar-refractivity contribution in [2.24, 2.45) is 0 Å². The lowest BCUT2D eigenvalue weighted by Crippen LogP contribution is -2.43. The van der Waals surface area contributed by atoms with E-state index in [0.29, 0.717) is 0 Å². The minimum atomic E-state index is -0.955. The molecule has 2 rings (SSSR count). The lowest BCUT2D eigenvalue weighted by atomic mass is 9.94. The van der Waals surface area contributed by atoms with Gasteiger partial charge in [0.1, 0.15) is 0 Å². The summed E-state index contributed by atoms with van der Waals surface area (Å²) in [5.74, 6) is -2.20. The lowest BCUT2D eigenvalue weighted by Gasteiger charge is -2.27. The highest BCUT2D eigenvalue weighted by Gasteiger charge is 2.24. The van der Waals surface area contributed by atoms with Crippen molar-refractivity contribution >= 4 is 17.5 Å². The Kier molecular flexibility index (Phi) is 4.75. The van der Waals surface area contributed by atoms with Crippen LogP contribution in [0.25, 0.3) is 0 Å². The third kappa shape index (κ3) is 3.66. The van der Waals surface area contributed by atoms with Gasteiger partial charge < -0.3 is 5.32 Å². The minimum Gasteiger partial charge on any atom is -0.352 e. The van der Waals surface area contributed by atoms with Crippen LogP contribution in [0.1, 0.15) is 31.2 Å². The highest BCUT2D eigenvalue weighted by molar-refractivity contribution is 6.21. The molecule has 0 aliphatic heterocycles. The van der Waals surface area contributed by atoms with Gasteiger partial charge in [0.15, 0.2) is 11.6 Å². The van der Waals surface area contributed by atoms with Crippen molar-refractivity contribution in [1.29, 1.82) is 0 Å². The molecule has 1 aliphatic carbocycles. The summed E-state index contributed by atoms with van der Waals surface area (Å²) >= 11 is 6.14. The zero-order valence-corrected chi connectivity index (χ0v) is 11.2. The van der Waals surface area contributed by atoms with Crippen LogP contribution in [0.15, 0.2) is 18.2 Å². The van der Waals surface area contributed by atoms with Crippen molar-refractivity contribution in [2.45, 2.75) is 43.5 Å². The van der Waals surface area contributed by atoms with E-state index in [9.17, 15) is 13.6 Å². The van der Waals surface area contributed by atoms with E-state index in [1.165, 1.54) is 12.1 Å². The van der Waals surface area contributed by atoms with Crippen LogP contribution in [-0.2, 0) is 11.2 Å². The predicted molar refractivity (Wildman–Crippen MR) is 70.1 cm³/mol. The van der Waals surface area contributed by atoms with E-state index in [0.717, 1.165) is 31.7 Å². The summed E-state index contributed by atoms with van der Waals surface area (Å²) in [6.07, 6.45) is 3.65. The molecule has 2 nitrogen and oxygen atoms in total. The second-order valence-corrected chi connectivity index (χ2v) is 5.42. The number of rotatable bonds is 3. The van der Waals surface area contributed by atoms with E-state index in [2.05, 4.69) is 5.32 Å². The molecule has 2 atom stereocenters. The summed E-state index contributed by atoms with van der Waals surface area (Å²) in [7, 11) is 0. The molecule has 2 unspecified atom stereocenters. The largest absolute Gasteiger partial charge is 0.352 e. The standard InChI is InChI=1S/C14H16ClF2NO/c15-10-5-1-2-7-12(10)18-13(19)8-9-4-3-6-11(16)14(9)17/h3-4,6,10,12H,1-2,5,7-8H2,(H,18,19). The lowest BCUT2D eigenvalue weighted by molar-refractivity contribution is -0.121. The van der Waals surface area contributed by atoms with Gasteiger partial charge in [-0.15, -0.1) is 11.6 Å². The molecule has 1 fully saturated rings. The molecule has 0 heterocycles. The Balaban J connectivity index is 1.95. The van der Waals surface area contributed by atoms with Gasteiger partial charge in [0, 0.05) is 11.6 Å². The van der Waals surface area contributed by atoms with Crippen molar-refractivity contribution in [1.82, 2.24) is 5.32 Å². The average Bonchev–Trinajstić information content (AvgIpc) is 2.38. The van der Waals surface area contributed by atoms with E-state index in [4.69, 9.17) is 11.6 Å². The van der Waals surface area contributed by atoms with Crippen molar-refractivity contribution in [3.63, 3.8) is 0 Å². The summed E-state index contributed by atoms with van der Waals surface area (Å²) < 4.78 is 26.5. The molecule has 1 N–H and O–H groups in total. The van der Waals surface area contributed by atoms with Crippen LogP contribution >= 0.6 is 11.6 Å². The molecular formula is C14H16ClF2NO. The van der Waals surface area contributed by atoms with Crippen LogP contribution in [-0.4, -0.2) is 17.3 Å². The van der Waals surface area contributed by atoms with Crippen LogP contribution in [0.5, 0.6) is 0 Å². The topological polar surface area (TPSA) is 29.1 Å². The van der Waals surface area contributed by atoms with Gasteiger partial charge in [-0.25, -0.2) is 8.78 Å². The van der Waals surface area contributed by atoms with Crippen LogP contribution < -0.4 is 5.32 Å². The summed E-state index contributed by atoms with van der Waals surface area (Å²) in [5.41, 5.74) is 0.0689. The number of hydrogen-bond donors (Lipinski definition) is 1. The van der Waals surface area contributed by atoms with Gasteiger partial charge in [-0.1, -0.05) is 25.0 Å². The van der Waals surface area contributed by atoms with Crippen LogP contribution in [0.4, 0.5) is 8.78 Å². The first kappa shape index (κ1) is 14.3. The fraction of sp³-hybridized carbons (Fsp3) is 0.500. The Morgan fingerprint density at radius 2 is 2.05 bits per heavy atom. The number of carbonyl (C=O) groups is 1. The minimum absolute atomic E-state index is 0.0689. The molecule has 1 saturated carbocycles. The first-order chi connectivity index (χ1) is 9.08. The van der Waals surface area contributed by atoms with Crippen LogP contribution in [0.3, 0.4) is 0 Å². The molecule has 0 bridgehead atoms. The number of halogens is 3. The number of hydrogen-bond acceptors (Lipinski definition) is 1. The Morgan fingerprint density at radius 1 is 1.32 bits per heavy atom. The van der Waals surface area contributed by atoms with Gasteiger partial charge >= 0.3 is 0 Å². The number of carbonyl (C=O) groups excluding carboxylic acids is 1. The van der Waals surface area contributed by atoms with E-state index < -0.39 is 11.6 Å². The first-order valence-corrected chi connectivity index (χ1v) is 6.88. The number of alkyl halides is 1. The van der Waals surface area contributed by atoms with Crippen molar-refractivity contribution in [2.75, 3.05) is 0 Å². The molecule has 0 radical (unpaired) electrons. The van der Waals surface area contributed by atoms with Gasteiger partial charge in [0.2, 0.25) is 5.91 Å². The predicted octanol–water partition coefficient (Wildman–Crippen LogP) is 3.17. The fourth-order valence-electron chi connectivity index (χ4n) is 2.36. The second-order valence-electron chi connectivity index (χ2n) is 4.86. The second kappa shape index (κ2) is 6.33. The van der Waals surface area contributed by atoms with E-state index >= 15 is 0 Å². The van der Waals surface area contributed by atoms with Gasteiger partial charge in [0.05, 0.1) is 11.8 Å². The molecule has 1 amide bonds. The van der Waals surface area contributed by atoms with E-state index in [1.807, 2.05) is 0 Å². The molecule has 1 aliphatic rings. The maximum atomic E-state index is 13.4.